The molecule has 0 aliphatic carbocycles. The molecule has 0 fully saturated rings. The van der Waals surface area contributed by atoms with Gasteiger partial charge in [0.05, 0.1) is 5.52 Å². The third kappa shape index (κ3) is 3.34. The Kier molecular flexibility index (Phi) is 4.78. The van der Waals surface area contributed by atoms with E-state index in [0.717, 1.165) is 4.57 Å². The smallest absolute Gasteiger partial charge is 0.281 e. The quantitative estimate of drug-likeness (QED) is 0.560. The van der Waals surface area contributed by atoms with Gasteiger partial charge >= 0.3 is 0 Å². The number of anilines is 1. The van der Waals surface area contributed by atoms with E-state index in [9.17, 15) is 14.4 Å². The Bertz CT molecular complexity index is 1280. The van der Waals surface area contributed by atoms with Crippen molar-refractivity contribution in [2.45, 2.75) is 0 Å². The molecule has 0 aliphatic rings. The van der Waals surface area contributed by atoms with Crippen LogP contribution in [-0.2, 0) is 0 Å². The van der Waals surface area contributed by atoms with Crippen LogP contribution in [0.3, 0.4) is 0 Å². The summed E-state index contributed by atoms with van der Waals surface area (Å²) in [6, 6.07) is 18.4. The van der Waals surface area contributed by atoms with Crippen LogP contribution in [0, 0.1) is 0 Å². The molecule has 144 valence electrons. The number of H-pyrrole nitrogens is 1. The minimum absolute atomic E-state index is 0.0962. The number of nitrogens with one attached hydrogen (secondary N) is 1. The molecule has 1 N–H and O–H groups in total. The Morgan fingerprint density at radius 1 is 1.00 bits per heavy atom. The van der Waals surface area contributed by atoms with Crippen LogP contribution in [0.15, 0.2) is 77.7 Å². The number of nitrogens with zero attached hydrogens (tertiary/aromatic N) is 2. The first kappa shape index (κ1) is 18.7. The normalized spacial score (nSPS) is 10.8. The zero-order valence-corrected chi connectivity index (χ0v) is 16.2. The Labute approximate surface area is 171 Å². The summed E-state index contributed by atoms with van der Waals surface area (Å²) in [5, 5.41) is 1.15. The first-order valence-electron chi connectivity index (χ1n) is 8.84. The highest BCUT2D eigenvalue weighted by atomic mass is 35.5. The molecule has 0 aliphatic heterocycles. The highest BCUT2D eigenvalue weighted by Crippen LogP contribution is 2.20. The van der Waals surface area contributed by atoms with Gasteiger partial charge in [-0.1, -0.05) is 29.8 Å². The van der Waals surface area contributed by atoms with E-state index in [1.54, 1.807) is 73.9 Å². The van der Waals surface area contributed by atoms with Gasteiger partial charge in [0.25, 0.3) is 17.4 Å². The van der Waals surface area contributed by atoms with Gasteiger partial charge in [0, 0.05) is 24.0 Å². The molecule has 2 aromatic carbocycles. The largest absolute Gasteiger partial charge is 0.357 e. The topological polar surface area (TPSA) is 75.2 Å². The monoisotopic (exact) mass is 405 g/mol. The minimum Gasteiger partial charge on any atom is -0.357 e. The van der Waals surface area contributed by atoms with Crippen LogP contribution in [0.2, 0.25) is 5.02 Å². The second kappa shape index (κ2) is 7.41. The third-order valence-corrected chi connectivity index (χ3v) is 4.94. The van der Waals surface area contributed by atoms with Gasteiger partial charge in [-0.3, -0.25) is 14.4 Å². The Hall–Kier alpha value is -3.64. The van der Waals surface area contributed by atoms with Crippen molar-refractivity contribution in [3.8, 4) is 0 Å². The molecule has 7 heteroatoms. The molecule has 1 amide bonds. The van der Waals surface area contributed by atoms with E-state index < -0.39 is 17.4 Å². The SMILES string of the molecule is CN(C(=O)c1cc2ccccc2n(C(=O)c2ccc[nH]2)c1=O)c1ccc(Cl)cc1. The molecular formula is C22H16ClN3O3. The highest BCUT2D eigenvalue weighted by Gasteiger charge is 2.23. The number of para-hydroxylation sites is 1. The van der Waals surface area contributed by atoms with Gasteiger partial charge in [-0.05, 0) is 53.9 Å². The third-order valence-electron chi connectivity index (χ3n) is 4.69. The second-order valence-corrected chi connectivity index (χ2v) is 6.92. The molecule has 0 radical (unpaired) electrons. The number of carbonyl (C=O) groups excluding carboxylic acids is 2. The zero-order chi connectivity index (χ0) is 20.5. The summed E-state index contributed by atoms with van der Waals surface area (Å²) in [5.74, 6) is -1.05. The number of halogens is 1. The molecule has 4 rings (SSSR count). The summed E-state index contributed by atoms with van der Waals surface area (Å²) in [6.07, 6.45) is 1.60. The number of benzene rings is 2. The first-order valence-corrected chi connectivity index (χ1v) is 9.21. The molecule has 0 atom stereocenters. The van der Waals surface area contributed by atoms with Crippen molar-refractivity contribution in [1.29, 1.82) is 0 Å². The average Bonchev–Trinajstić information content (AvgIpc) is 3.27. The second-order valence-electron chi connectivity index (χ2n) is 6.49. The highest BCUT2D eigenvalue weighted by molar-refractivity contribution is 6.30. The van der Waals surface area contributed by atoms with Crippen LogP contribution >= 0.6 is 11.6 Å². The Balaban J connectivity index is 1.88. The Morgan fingerprint density at radius 2 is 1.72 bits per heavy atom. The molecule has 0 unspecified atom stereocenters. The molecule has 2 heterocycles. The van der Waals surface area contributed by atoms with Crippen LogP contribution in [0.1, 0.15) is 20.8 Å². The Morgan fingerprint density at radius 3 is 2.41 bits per heavy atom. The van der Waals surface area contributed by atoms with E-state index >= 15 is 0 Å². The summed E-state index contributed by atoms with van der Waals surface area (Å²) in [4.78, 5) is 43.5. The molecule has 0 bridgehead atoms. The number of amides is 1. The minimum atomic E-state index is -0.672. The lowest BCUT2D eigenvalue weighted by molar-refractivity contribution is 0.0955. The van der Waals surface area contributed by atoms with Gasteiger partial charge in [0.1, 0.15) is 11.3 Å². The number of aromatic amines is 1. The van der Waals surface area contributed by atoms with Crippen molar-refractivity contribution in [3.05, 3.63) is 99.6 Å². The lowest BCUT2D eigenvalue weighted by Crippen LogP contribution is -2.37. The van der Waals surface area contributed by atoms with Crippen molar-refractivity contribution in [1.82, 2.24) is 9.55 Å². The van der Waals surface area contributed by atoms with Crippen molar-refractivity contribution in [2.24, 2.45) is 0 Å². The van der Waals surface area contributed by atoms with Crippen molar-refractivity contribution >= 4 is 40.0 Å². The molecule has 0 saturated heterocycles. The number of fused-ring (bicyclic) bond motifs is 1. The van der Waals surface area contributed by atoms with Crippen molar-refractivity contribution in [2.75, 3.05) is 11.9 Å². The number of pyridine rings is 1. The van der Waals surface area contributed by atoms with Crippen LogP contribution in [0.5, 0.6) is 0 Å². The molecular weight excluding hydrogens is 390 g/mol. The van der Waals surface area contributed by atoms with Crippen LogP contribution < -0.4 is 10.5 Å². The molecule has 0 saturated carbocycles. The molecule has 2 aromatic heterocycles. The van der Waals surface area contributed by atoms with E-state index in [0.29, 0.717) is 21.6 Å². The van der Waals surface area contributed by atoms with Gasteiger partial charge in [0.15, 0.2) is 0 Å². The molecule has 4 aromatic rings. The molecule has 29 heavy (non-hydrogen) atoms. The number of aromatic nitrogens is 2. The van der Waals surface area contributed by atoms with Gasteiger partial charge in [0.2, 0.25) is 0 Å². The number of carbonyl (C=O) groups is 2. The van der Waals surface area contributed by atoms with Crippen LogP contribution in [-0.4, -0.2) is 28.4 Å². The van der Waals surface area contributed by atoms with Crippen molar-refractivity contribution in [3.63, 3.8) is 0 Å². The lowest BCUT2D eigenvalue weighted by Gasteiger charge is -2.18. The summed E-state index contributed by atoms with van der Waals surface area (Å²) >= 11 is 5.91. The summed E-state index contributed by atoms with van der Waals surface area (Å²) < 4.78 is 1.03. The summed E-state index contributed by atoms with van der Waals surface area (Å²) in [6.45, 7) is 0. The predicted octanol–water partition coefficient (Wildman–Crippen LogP) is 3.95. The van der Waals surface area contributed by atoms with Gasteiger partial charge in [-0.2, -0.15) is 0 Å². The molecule has 0 spiro atoms. The fourth-order valence-electron chi connectivity index (χ4n) is 3.16. The maximum absolute atomic E-state index is 13.2. The van der Waals surface area contributed by atoms with E-state index in [4.69, 9.17) is 11.6 Å². The maximum Gasteiger partial charge on any atom is 0.281 e. The molecule has 6 nitrogen and oxygen atoms in total. The first-order chi connectivity index (χ1) is 14.0. The van der Waals surface area contributed by atoms with Crippen LogP contribution in [0.25, 0.3) is 10.9 Å². The number of hydrogen-bond donors (Lipinski definition) is 1. The summed E-state index contributed by atoms with van der Waals surface area (Å²) in [5.41, 5.74) is 0.500. The van der Waals surface area contributed by atoms with E-state index in [1.165, 1.54) is 11.0 Å². The van der Waals surface area contributed by atoms with E-state index in [-0.39, 0.29) is 11.3 Å². The maximum atomic E-state index is 13.2. The van der Waals surface area contributed by atoms with E-state index in [2.05, 4.69) is 4.98 Å². The lowest BCUT2D eigenvalue weighted by atomic mass is 10.1. The van der Waals surface area contributed by atoms with Gasteiger partial charge in [-0.25, -0.2) is 4.57 Å². The van der Waals surface area contributed by atoms with E-state index in [1.807, 2.05) is 0 Å². The standard InChI is InChI=1S/C22H16ClN3O3/c1-25(16-10-8-15(23)9-11-16)20(27)17-13-14-5-2-3-7-19(14)26(21(17)28)22(29)18-6-4-12-24-18/h2-13,24H,1H3. The fraction of sp³-hybridized carbons (Fsp3) is 0.0455. The van der Waals surface area contributed by atoms with Gasteiger partial charge < -0.3 is 9.88 Å². The zero-order valence-electron chi connectivity index (χ0n) is 15.4. The number of rotatable bonds is 3. The fourth-order valence-corrected chi connectivity index (χ4v) is 3.29. The average molecular weight is 406 g/mol. The number of hydrogen-bond acceptors (Lipinski definition) is 3. The predicted molar refractivity (Wildman–Crippen MR) is 113 cm³/mol. The van der Waals surface area contributed by atoms with Gasteiger partial charge in [-0.15, -0.1) is 0 Å². The summed E-state index contributed by atoms with van der Waals surface area (Å²) in [7, 11) is 1.57. The van der Waals surface area contributed by atoms with Crippen molar-refractivity contribution < 1.29 is 9.59 Å². The van der Waals surface area contributed by atoms with Crippen LogP contribution in [0.4, 0.5) is 5.69 Å².